The van der Waals surface area contributed by atoms with Crippen LogP contribution in [0.2, 0.25) is 0 Å². The number of amides is 1. The quantitative estimate of drug-likeness (QED) is 0.761. The molecule has 80 valence electrons. The Morgan fingerprint density at radius 1 is 1.19 bits per heavy atom. The fourth-order valence-corrected chi connectivity index (χ4v) is 1.11. The fourth-order valence-electron chi connectivity index (χ4n) is 1.11. The second-order valence-corrected chi connectivity index (χ2v) is 2.96. The maximum absolute atomic E-state index is 11.6. The number of pyridine rings is 1. The summed E-state index contributed by atoms with van der Waals surface area (Å²) >= 11 is 0. The number of nitrogens with zero attached hydrogens (tertiary/aromatic N) is 2. The minimum absolute atomic E-state index is 0.167. The van der Waals surface area contributed by atoms with Gasteiger partial charge in [-0.25, -0.2) is 9.97 Å². The minimum Gasteiger partial charge on any atom is -0.318 e. The molecule has 6 nitrogen and oxygen atoms in total. The zero-order valence-electron chi connectivity index (χ0n) is 8.18. The van der Waals surface area contributed by atoms with Gasteiger partial charge in [0.25, 0.3) is 5.91 Å². The van der Waals surface area contributed by atoms with Gasteiger partial charge in [-0.2, -0.15) is 0 Å². The Labute approximate surface area is 90.4 Å². The molecule has 0 spiro atoms. The molecule has 6 heteroatoms. The first-order chi connectivity index (χ1) is 7.75. The normalized spacial score (nSPS) is 9.75. The van der Waals surface area contributed by atoms with Crippen LogP contribution < -0.4 is 10.9 Å². The van der Waals surface area contributed by atoms with Gasteiger partial charge in [0.1, 0.15) is 5.69 Å². The van der Waals surface area contributed by atoms with E-state index in [-0.39, 0.29) is 17.2 Å². The van der Waals surface area contributed by atoms with E-state index in [0.29, 0.717) is 0 Å². The van der Waals surface area contributed by atoms with Crippen molar-refractivity contribution in [3.63, 3.8) is 0 Å². The number of rotatable bonds is 2. The fraction of sp³-hybridized carbons (Fsp3) is 0. The second-order valence-electron chi connectivity index (χ2n) is 2.96. The van der Waals surface area contributed by atoms with Gasteiger partial charge in [0, 0.05) is 18.5 Å². The number of carbonyl (C=O) groups excluding carboxylic acids is 1. The van der Waals surface area contributed by atoms with E-state index in [1.54, 1.807) is 6.07 Å². The molecule has 0 aliphatic heterocycles. The third-order valence-corrected chi connectivity index (χ3v) is 1.80. The predicted octanol–water partition coefficient (Wildman–Crippen LogP) is 0.417. The largest absolute Gasteiger partial charge is 0.318 e. The van der Waals surface area contributed by atoms with Crippen molar-refractivity contribution in [3.05, 3.63) is 52.7 Å². The number of aromatic amines is 1. The molecule has 0 aliphatic carbocycles. The average Bonchev–Trinajstić information content (AvgIpc) is 2.30. The Balaban J connectivity index is 2.18. The molecule has 0 aliphatic rings. The van der Waals surface area contributed by atoms with Crippen LogP contribution >= 0.6 is 0 Å². The summed E-state index contributed by atoms with van der Waals surface area (Å²) in [6.07, 6.45) is 3.02. The second kappa shape index (κ2) is 4.35. The maximum Gasteiger partial charge on any atom is 0.274 e. The highest BCUT2D eigenvalue weighted by Crippen LogP contribution is 1.98. The van der Waals surface area contributed by atoms with Gasteiger partial charge in [-0.05, 0) is 12.1 Å². The van der Waals surface area contributed by atoms with E-state index in [0.717, 1.165) is 0 Å². The highest BCUT2D eigenvalue weighted by atomic mass is 16.2. The molecule has 0 saturated heterocycles. The van der Waals surface area contributed by atoms with Gasteiger partial charge in [0.2, 0.25) is 11.5 Å². The van der Waals surface area contributed by atoms with Crippen molar-refractivity contribution in [2.24, 2.45) is 0 Å². The van der Waals surface area contributed by atoms with Crippen LogP contribution in [-0.4, -0.2) is 20.9 Å². The van der Waals surface area contributed by atoms with Gasteiger partial charge in [0.15, 0.2) is 0 Å². The third-order valence-electron chi connectivity index (χ3n) is 1.80. The Hall–Kier alpha value is -2.50. The zero-order chi connectivity index (χ0) is 11.4. The van der Waals surface area contributed by atoms with Crippen molar-refractivity contribution < 1.29 is 4.79 Å². The first-order valence-corrected chi connectivity index (χ1v) is 4.53. The molecular formula is C10H8N4O2. The zero-order valence-corrected chi connectivity index (χ0v) is 8.18. The first-order valence-electron chi connectivity index (χ1n) is 4.53. The number of hydrogen-bond acceptors (Lipinski definition) is 4. The lowest BCUT2D eigenvalue weighted by Gasteiger charge is -2.01. The van der Waals surface area contributed by atoms with Crippen molar-refractivity contribution in [3.8, 4) is 0 Å². The molecule has 0 radical (unpaired) electrons. The minimum atomic E-state index is -0.455. The molecular weight excluding hydrogens is 208 g/mol. The molecule has 0 bridgehead atoms. The Bertz CT molecular complexity index is 550. The van der Waals surface area contributed by atoms with Crippen molar-refractivity contribution in [2.45, 2.75) is 0 Å². The number of aromatic nitrogens is 3. The molecule has 0 fully saturated rings. The summed E-state index contributed by atoms with van der Waals surface area (Å²) in [5.74, 6) is -0.263. The summed E-state index contributed by atoms with van der Waals surface area (Å²) in [5, 5.41) is 2.45. The van der Waals surface area contributed by atoms with Crippen molar-refractivity contribution in [1.29, 1.82) is 0 Å². The Kier molecular flexibility index (Phi) is 2.73. The average molecular weight is 216 g/mol. The third kappa shape index (κ3) is 2.30. The van der Waals surface area contributed by atoms with E-state index in [2.05, 4.69) is 20.3 Å². The number of anilines is 1. The van der Waals surface area contributed by atoms with E-state index in [1.807, 2.05) is 0 Å². The summed E-state index contributed by atoms with van der Waals surface area (Å²) in [7, 11) is 0. The van der Waals surface area contributed by atoms with E-state index in [1.165, 1.54) is 30.6 Å². The lowest BCUT2D eigenvalue weighted by atomic mass is 10.3. The van der Waals surface area contributed by atoms with Crippen LogP contribution in [0.4, 0.5) is 5.95 Å². The lowest BCUT2D eigenvalue weighted by molar-refractivity contribution is 0.102. The van der Waals surface area contributed by atoms with Gasteiger partial charge < -0.3 is 4.98 Å². The molecule has 0 unspecified atom stereocenters. The molecule has 2 rings (SSSR count). The predicted molar refractivity (Wildman–Crippen MR) is 57.0 cm³/mol. The standard InChI is InChI=1S/C10H8N4O2/c15-8-4-1-3-7(13-8)9(16)14-10-11-5-2-6-12-10/h1-6H,(H,13,15)(H,11,12,14,16). The summed E-state index contributed by atoms with van der Waals surface area (Å²) in [5.41, 5.74) is -0.165. The van der Waals surface area contributed by atoms with Crippen molar-refractivity contribution in [1.82, 2.24) is 15.0 Å². The molecule has 2 N–H and O–H groups in total. The first kappa shape index (κ1) is 10.0. The molecule has 0 atom stereocenters. The van der Waals surface area contributed by atoms with Crippen molar-refractivity contribution in [2.75, 3.05) is 5.32 Å². The molecule has 0 aromatic carbocycles. The molecule has 16 heavy (non-hydrogen) atoms. The van der Waals surface area contributed by atoms with Crippen LogP contribution in [0.3, 0.4) is 0 Å². The summed E-state index contributed by atoms with van der Waals surface area (Å²) in [6.45, 7) is 0. The molecule has 2 aromatic rings. The van der Waals surface area contributed by atoms with Crippen molar-refractivity contribution >= 4 is 11.9 Å². The Morgan fingerprint density at radius 3 is 2.62 bits per heavy atom. The number of nitrogens with one attached hydrogen (secondary N) is 2. The van der Waals surface area contributed by atoms with E-state index in [9.17, 15) is 9.59 Å². The van der Waals surface area contributed by atoms with Gasteiger partial charge in [-0.1, -0.05) is 6.07 Å². The van der Waals surface area contributed by atoms with Gasteiger partial charge in [0.05, 0.1) is 0 Å². The molecule has 2 heterocycles. The summed E-state index contributed by atoms with van der Waals surface area (Å²) in [6, 6.07) is 5.97. The van der Waals surface area contributed by atoms with Crippen LogP contribution in [0.1, 0.15) is 10.5 Å². The molecule has 1 amide bonds. The smallest absolute Gasteiger partial charge is 0.274 e. The van der Waals surface area contributed by atoms with Gasteiger partial charge in [-0.15, -0.1) is 0 Å². The van der Waals surface area contributed by atoms with E-state index in [4.69, 9.17) is 0 Å². The SMILES string of the molecule is O=C(Nc1ncccn1)c1cccc(=O)[nH]1. The van der Waals surface area contributed by atoms with Crippen LogP contribution in [-0.2, 0) is 0 Å². The van der Waals surface area contributed by atoms with Crippen LogP contribution in [0.25, 0.3) is 0 Å². The van der Waals surface area contributed by atoms with Crippen LogP contribution in [0.5, 0.6) is 0 Å². The number of hydrogen-bond donors (Lipinski definition) is 2. The highest BCUT2D eigenvalue weighted by molar-refractivity contribution is 6.01. The molecule has 0 saturated carbocycles. The topological polar surface area (TPSA) is 87.7 Å². The number of H-pyrrole nitrogens is 1. The highest BCUT2D eigenvalue weighted by Gasteiger charge is 2.07. The number of carbonyl (C=O) groups is 1. The van der Waals surface area contributed by atoms with Crippen LogP contribution in [0, 0.1) is 0 Å². The molecule has 2 aromatic heterocycles. The van der Waals surface area contributed by atoms with Crippen LogP contribution in [0.15, 0.2) is 41.5 Å². The van der Waals surface area contributed by atoms with Gasteiger partial charge >= 0.3 is 0 Å². The summed E-state index contributed by atoms with van der Waals surface area (Å²) < 4.78 is 0. The van der Waals surface area contributed by atoms with E-state index < -0.39 is 5.91 Å². The summed E-state index contributed by atoms with van der Waals surface area (Å²) in [4.78, 5) is 32.7. The van der Waals surface area contributed by atoms with E-state index >= 15 is 0 Å². The lowest BCUT2D eigenvalue weighted by Crippen LogP contribution is -2.18. The maximum atomic E-state index is 11.6. The Morgan fingerprint density at radius 2 is 1.94 bits per heavy atom. The van der Waals surface area contributed by atoms with Gasteiger partial charge in [-0.3, -0.25) is 14.9 Å². The monoisotopic (exact) mass is 216 g/mol.